The molecule has 0 fully saturated rings. The van der Waals surface area contributed by atoms with E-state index in [0.29, 0.717) is 15.9 Å². The lowest BCUT2D eigenvalue weighted by Crippen LogP contribution is -2.47. The van der Waals surface area contributed by atoms with Gasteiger partial charge in [-0.05, 0) is 25.0 Å². The van der Waals surface area contributed by atoms with Gasteiger partial charge in [0.2, 0.25) is 0 Å². The maximum atomic E-state index is 13.6. The maximum Gasteiger partial charge on any atom is 0.338 e. The summed E-state index contributed by atoms with van der Waals surface area (Å²) in [5.41, 5.74) is 3.87. The summed E-state index contributed by atoms with van der Waals surface area (Å²) in [4.78, 5) is 44.4. The molecule has 9 heteroatoms. The standard InChI is InChI=1S/C27H24N4O4S/c1-3-35-26(33)22-20(29-27(34)30-23(22)18-7-5-4-6-8-18)13-31-15-28-24-21(25(31)32)19(14-36-24)17-11-9-16(2)10-12-17/h4-12,14-15,23H,3,13H2,1-2H3,(H2,29,30,34)/t23-/m1/s1. The highest BCUT2D eigenvalue weighted by Gasteiger charge is 2.34. The Morgan fingerprint density at radius 2 is 1.86 bits per heavy atom. The van der Waals surface area contributed by atoms with Crippen molar-refractivity contribution in [2.45, 2.75) is 26.4 Å². The summed E-state index contributed by atoms with van der Waals surface area (Å²) in [7, 11) is 0. The van der Waals surface area contributed by atoms with Crippen molar-refractivity contribution in [1.82, 2.24) is 20.2 Å². The molecule has 0 unspecified atom stereocenters. The average molecular weight is 501 g/mol. The number of aromatic nitrogens is 2. The van der Waals surface area contributed by atoms with E-state index < -0.39 is 18.0 Å². The zero-order valence-electron chi connectivity index (χ0n) is 19.8. The third kappa shape index (κ3) is 4.40. The van der Waals surface area contributed by atoms with E-state index in [1.165, 1.54) is 22.2 Å². The van der Waals surface area contributed by atoms with E-state index in [-0.39, 0.29) is 24.3 Å². The quantitative estimate of drug-likeness (QED) is 0.384. The second kappa shape index (κ2) is 9.79. The lowest BCUT2D eigenvalue weighted by atomic mass is 9.95. The Kier molecular flexibility index (Phi) is 6.39. The minimum atomic E-state index is -0.717. The molecule has 0 saturated heterocycles. The largest absolute Gasteiger partial charge is 0.463 e. The van der Waals surface area contributed by atoms with Gasteiger partial charge >= 0.3 is 12.0 Å². The van der Waals surface area contributed by atoms with Crippen LogP contribution in [-0.4, -0.2) is 28.2 Å². The number of carbonyl (C=O) groups excluding carboxylic acids is 2. The van der Waals surface area contributed by atoms with Gasteiger partial charge in [-0.25, -0.2) is 14.6 Å². The number of amides is 2. The molecule has 4 aromatic rings. The predicted octanol–water partition coefficient (Wildman–Crippen LogP) is 4.30. The molecule has 0 radical (unpaired) electrons. The van der Waals surface area contributed by atoms with Gasteiger partial charge in [0.05, 0.1) is 42.2 Å². The van der Waals surface area contributed by atoms with Crippen LogP contribution in [0.4, 0.5) is 4.79 Å². The van der Waals surface area contributed by atoms with E-state index in [1.54, 1.807) is 6.92 Å². The van der Waals surface area contributed by atoms with E-state index in [0.717, 1.165) is 22.3 Å². The Labute approximate surface area is 211 Å². The minimum Gasteiger partial charge on any atom is -0.463 e. The molecule has 1 aliphatic heterocycles. The highest BCUT2D eigenvalue weighted by Crippen LogP contribution is 2.31. The Hall–Kier alpha value is -4.24. The summed E-state index contributed by atoms with van der Waals surface area (Å²) in [5.74, 6) is -0.563. The van der Waals surface area contributed by atoms with E-state index in [4.69, 9.17) is 4.74 Å². The minimum absolute atomic E-state index is 0.0458. The number of nitrogens with zero attached hydrogens (tertiary/aromatic N) is 2. The lowest BCUT2D eigenvalue weighted by molar-refractivity contribution is -0.139. The molecule has 1 atom stereocenters. The number of hydrogen-bond acceptors (Lipinski definition) is 6. The van der Waals surface area contributed by atoms with Crippen LogP contribution in [-0.2, 0) is 16.1 Å². The van der Waals surface area contributed by atoms with Gasteiger partial charge in [0.15, 0.2) is 0 Å². The molecule has 36 heavy (non-hydrogen) atoms. The molecule has 5 rings (SSSR count). The molecule has 0 spiro atoms. The van der Waals surface area contributed by atoms with Crippen LogP contribution >= 0.6 is 11.3 Å². The van der Waals surface area contributed by atoms with Crippen LogP contribution in [0.25, 0.3) is 21.3 Å². The summed E-state index contributed by atoms with van der Waals surface area (Å²) in [6.45, 7) is 3.86. The van der Waals surface area contributed by atoms with Crippen molar-refractivity contribution in [1.29, 1.82) is 0 Å². The third-order valence-electron chi connectivity index (χ3n) is 6.03. The molecule has 0 aliphatic carbocycles. The first kappa shape index (κ1) is 23.5. The number of esters is 1. The van der Waals surface area contributed by atoms with E-state index in [9.17, 15) is 14.4 Å². The van der Waals surface area contributed by atoms with Gasteiger partial charge in [0.1, 0.15) is 4.83 Å². The number of allylic oxidation sites excluding steroid dienone is 1. The Balaban J connectivity index is 1.62. The van der Waals surface area contributed by atoms with E-state index >= 15 is 0 Å². The first-order chi connectivity index (χ1) is 17.5. The van der Waals surface area contributed by atoms with Gasteiger partial charge in [0.25, 0.3) is 5.56 Å². The van der Waals surface area contributed by atoms with Gasteiger partial charge in [-0.15, -0.1) is 11.3 Å². The molecule has 0 bridgehead atoms. The Bertz CT molecular complexity index is 1540. The van der Waals surface area contributed by atoms with E-state index in [1.807, 2.05) is 66.9 Å². The average Bonchev–Trinajstić information content (AvgIpc) is 3.31. The normalized spacial score (nSPS) is 15.5. The van der Waals surface area contributed by atoms with Crippen LogP contribution in [0.5, 0.6) is 0 Å². The summed E-state index contributed by atoms with van der Waals surface area (Å²) in [5, 5.41) is 7.95. The molecular formula is C27H24N4O4S. The van der Waals surface area contributed by atoms with Crippen molar-refractivity contribution in [3.8, 4) is 11.1 Å². The summed E-state index contributed by atoms with van der Waals surface area (Å²) < 4.78 is 6.73. The first-order valence-electron chi connectivity index (χ1n) is 11.5. The number of benzene rings is 2. The molecule has 2 amide bonds. The number of thiophene rings is 1. The lowest BCUT2D eigenvalue weighted by Gasteiger charge is -2.29. The van der Waals surface area contributed by atoms with Gasteiger partial charge < -0.3 is 15.4 Å². The number of hydrogen-bond donors (Lipinski definition) is 2. The van der Waals surface area contributed by atoms with Crippen LogP contribution < -0.4 is 16.2 Å². The zero-order chi connectivity index (χ0) is 25.2. The highest BCUT2D eigenvalue weighted by atomic mass is 32.1. The number of ether oxygens (including phenoxy) is 1. The third-order valence-corrected chi connectivity index (χ3v) is 6.92. The van der Waals surface area contributed by atoms with Gasteiger partial charge in [-0.2, -0.15) is 0 Å². The molecule has 182 valence electrons. The first-order valence-corrected chi connectivity index (χ1v) is 12.4. The van der Waals surface area contributed by atoms with Crippen LogP contribution in [0.1, 0.15) is 24.1 Å². The monoisotopic (exact) mass is 500 g/mol. The molecule has 8 nitrogen and oxygen atoms in total. The molecule has 2 aromatic carbocycles. The van der Waals surface area contributed by atoms with Crippen molar-refractivity contribution in [2.24, 2.45) is 0 Å². The number of rotatable bonds is 6. The molecular weight excluding hydrogens is 476 g/mol. The van der Waals surface area contributed by atoms with Gasteiger partial charge in [-0.1, -0.05) is 60.2 Å². The Morgan fingerprint density at radius 1 is 1.11 bits per heavy atom. The van der Waals surface area contributed by atoms with Crippen LogP contribution in [0.2, 0.25) is 0 Å². The number of urea groups is 1. The predicted molar refractivity (Wildman–Crippen MR) is 139 cm³/mol. The fourth-order valence-corrected chi connectivity index (χ4v) is 5.19. The SMILES string of the molecule is CCOC(=O)C1=C(Cn2cnc3scc(-c4ccc(C)cc4)c3c2=O)NC(=O)N[C@@H]1c1ccccc1. The highest BCUT2D eigenvalue weighted by molar-refractivity contribution is 7.17. The number of carbonyl (C=O) groups is 2. The summed E-state index contributed by atoms with van der Waals surface area (Å²) in [6.07, 6.45) is 1.45. The van der Waals surface area contributed by atoms with Crippen molar-refractivity contribution < 1.29 is 14.3 Å². The van der Waals surface area contributed by atoms with Crippen molar-refractivity contribution in [3.05, 3.63) is 99.1 Å². The van der Waals surface area contributed by atoms with Crippen molar-refractivity contribution >= 4 is 33.6 Å². The fourth-order valence-electron chi connectivity index (χ4n) is 4.28. The topological polar surface area (TPSA) is 102 Å². The fraction of sp³-hybridized carbons (Fsp3) is 0.185. The van der Waals surface area contributed by atoms with Crippen molar-refractivity contribution in [2.75, 3.05) is 6.61 Å². The second-order valence-electron chi connectivity index (χ2n) is 8.43. The smallest absolute Gasteiger partial charge is 0.338 e. The van der Waals surface area contributed by atoms with Crippen LogP contribution in [0.15, 0.2) is 82.4 Å². The number of fused-ring (bicyclic) bond motifs is 1. The molecule has 2 N–H and O–H groups in total. The number of aryl methyl sites for hydroxylation is 1. The summed E-state index contributed by atoms with van der Waals surface area (Å²) >= 11 is 1.40. The van der Waals surface area contributed by atoms with Crippen LogP contribution in [0, 0.1) is 6.92 Å². The van der Waals surface area contributed by atoms with Gasteiger partial charge in [-0.3, -0.25) is 9.36 Å². The molecule has 1 aliphatic rings. The van der Waals surface area contributed by atoms with Gasteiger partial charge in [0, 0.05) is 10.9 Å². The molecule has 0 saturated carbocycles. The summed E-state index contributed by atoms with van der Waals surface area (Å²) in [6, 6.07) is 15.9. The maximum absolute atomic E-state index is 13.6. The zero-order valence-corrected chi connectivity index (χ0v) is 20.6. The second-order valence-corrected chi connectivity index (χ2v) is 9.29. The van der Waals surface area contributed by atoms with E-state index in [2.05, 4.69) is 15.6 Å². The van der Waals surface area contributed by atoms with Crippen molar-refractivity contribution in [3.63, 3.8) is 0 Å². The van der Waals surface area contributed by atoms with Crippen LogP contribution in [0.3, 0.4) is 0 Å². The Morgan fingerprint density at radius 3 is 2.58 bits per heavy atom. The molecule has 2 aromatic heterocycles. The number of nitrogens with one attached hydrogen (secondary N) is 2. The molecule has 3 heterocycles.